The molecule has 1 aliphatic rings. The van der Waals surface area contributed by atoms with Crippen molar-refractivity contribution in [2.24, 2.45) is 0 Å². The number of hydrogen-bond acceptors (Lipinski definition) is 4. The minimum Gasteiger partial charge on any atom is -0.326 e. The summed E-state index contributed by atoms with van der Waals surface area (Å²) in [5.74, 6) is -0.0872. The highest BCUT2D eigenvalue weighted by Gasteiger charge is 2.25. The number of likely N-dealkylation sites (N-methyl/N-ethyl adjacent to an activating group) is 1. The number of sulfonamides is 1. The zero-order chi connectivity index (χ0) is 20.0. The Balaban J connectivity index is 1.56. The van der Waals surface area contributed by atoms with Gasteiger partial charge in [-0.3, -0.25) is 4.79 Å². The molecule has 1 saturated heterocycles. The Hall–Kier alpha value is -1.74. The second-order valence-corrected chi connectivity index (χ2v) is 10.1. The van der Waals surface area contributed by atoms with Gasteiger partial charge in [-0.25, -0.2) is 8.42 Å². The highest BCUT2D eigenvalue weighted by atomic mass is 32.2. The zero-order valence-electron chi connectivity index (χ0n) is 16.2. The Morgan fingerprint density at radius 2 is 1.79 bits per heavy atom. The standard InChI is InChI=1S/C20H27N3O3S2/c1-22(14-17-10-13-27-16-17)15-20(24)21-18-6-8-19(9-7-18)28(25,26)23-11-4-2-3-5-12-23/h6-10,13,16H,2-5,11-12,14-15H2,1H3,(H,21,24)/p+1. The van der Waals surface area contributed by atoms with Crippen LogP contribution in [-0.2, 0) is 21.4 Å². The van der Waals surface area contributed by atoms with E-state index < -0.39 is 10.0 Å². The Bertz CT molecular complexity index is 857. The van der Waals surface area contributed by atoms with Gasteiger partial charge >= 0.3 is 0 Å². The fraction of sp³-hybridized carbons (Fsp3) is 0.450. The summed E-state index contributed by atoms with van der Waals surface area (Å²) in [4.78, 5) is 13.6. The number of nitrogens with one attached hydrogen (secondary N) is 2. The van der Waals surface area contributed by atoms with Crippen molar-refractivity contribution in [2.45, 2.75) is 37.1 Å². The second-order valence-electron chi connectivity index (χ2n) is 7.33. The number of carbonyl (C=O) groups is 1. The van der Waals surface area contributed by atoms with E-state index in [1.54, 1.807) is 39.9 Å². The largest absolute Gasteiger partial charge is 0.326 e. The maximum Gasteiger partial charge on any atom is 0.279 e. The van der Waals surface area contributed by atoms with E-state index in [0.29, 0.717) is 25.3 Å². The molecular weight excluding hydrogens is 394 g/mol. The zero-order valence-corrected chi connectivity index (χ0v) is 17.8. The summed E-state index contributed by atoms with van der Waals surface area (Å²) in [7, 11) is -1.48. The van der Waals surface area contributed by atoms with Crippen LogP contribution in [0.3, 0.4) is 0 Å². The Kier molecular flexibility index (Phi) is 7.23. The van der Waals surface area contributed by atoms with Gasteiger partial charge in [0, 0.05) is 24.3 Å². The summed E-state index contributed by atoms with van der Waals surface area (Å²) in [5.41, 5.74) is 1.83. The summed E-state index contributed by atoms with van der Waals surface area (Å²) in [6.45, 7) is 2.31. The smallest absolute Gasteiger partial charge is 0.279 e. The minimum atomic E-state index is -3.46. The van der Waals surface area contributed by atoms with Crippen LogP contribution in [0, 0.1) is 0 Å². The highest BCUT2D eigenvalue weighted by molar-refractivity contribution is 7.89. The van der Waals surface area contributed by atoms with Crippen molar-refractivity contribution in [3.05, 3.63) is 46.7 Å². The average Bonchev–Trinajstić information content (AvgIpc) is 3.00. The quantitative estimate of drug-likeness (QED) is 0.717. The van der Waals surface area contributed by atoms with Crippen LogP contribution in [0.4, 0.5) is 5.69 Å². The van der Waals surface area contributed by atoms with Crippen LogP contribution in [0.15, 0.2) is 46.0 Å². The number of nitrogens with zero attached hydrogens (tertiary/aromatic N) is 1. The van der Waals surface area contributed by atoms with Gasteiger partial charge < -0.3 is 10.2 Å². The summed E-state index contributed by atoms with van der Waals surface area (Å²) in [6.07, 6.45) is 3.99. The van der Waals surface area contributed by atoms with Crippen LogP contribution in [-0.4, -0.2) is 45.3 Å². The first-order chi connectivity index (χ1) is 13.4. The van der Waals surface area contributed by atoms with Crippen LogP contribution in [0.25, 0.3) is 0 Å². The van der Waals surface area contributed by atoms with Gasteiger partial charge in [0.1, 0.15) is 6.54 Å². The normalized spacial score (nSPS) is 17.0. The molecule has 2 aromatic rings. The molecule has 1 amide bonds. The van der Waals surface area contributed by atoms with E-state index in [2.05, 4.69) is 16.8 Å². The van der Waals surface area contributed by atoms with Crippen LogP contribution in [0.2, 0.25) is 0 Å². The molecule has 2 heterocycles. The lowest BCUT2D eigenvalue weighted by Gasteiger charge is -2.20. The van der Waals surface area contributed by atoms with Gasteiger partial charge in [0.15, 0.2) is 6.54 Å². The molecule has 1 aliphatic heterocycles. The fourth-order valence-electron chi connectivity index (χ4n) is 3.42. The lowest BCUT2D eigenvalue weighted by Crippen LogP contribution is -3.08. The average molecular weight is 423 g/mol. The summed E-state index contributed by atoms with van der Waals surface area (Å²) < 4.78 is 27.2. The third-order valence-corrected chi connectivity index (χ3v) is 7.53. The van der Waals surface area contributed by atoms with E-state index in [1.165, 1.54) is 5.56 Å². The molecule has 28 heavy (non-hydrogen) atoms. The number of amides is 1. The van der Waals surface area contributed by atoms with Gasteiger partial charge in [-0.2, -0.15) is 15.6 Å². The fourth-order valence-corrected chi connectivity index (χ4v) is 5.61. The van der Waals surface area contributed by atoms with Gasteiger partial charge in [0.25, 0.3) is 5.91 Å². The number of rotatable bonds is 7. The molecule has 0 saturated carbocycles. The molecule has 6 nitrogen and oxygen atoms in total. The van der Waals surface area contributed by atoms with E-state index in [0.717, 1.165) is 37.1 Å². The monoisotopic (exact) mass is 422 g/mol. The lowest BCUT2D eigenvalue weighted by molar-refractivity contribution is -0.885. The van der Waals surface area contributed by atoms with E-state index in [9.17, 15) is 13.2 Å². The predicted octanol–water partition coefficient (Wildman–Crippen LogP) is 1.97. The number of anilines is 1. The molecule has 1 atom stereocenters. The minimum absolute atomic E-state index is 0.0872. The van der Waals surface area contributed by atoms with Crippen LogP contribution < -0.4 is 10.2 Å². The van der Waals surface area contributed by atoms with Crippen molar-refractivity contribution >= 4 is 33.0 Å². The molecule has 0 bridgehead atoms. The molecule has 1 unspecified atom stereocenters. The van der Waals surface area contributed by atoms with Gasteiger partial charge in [-0.05, 0) is 53.9 Å². The van der Waals surface area contributed by atoms with Gasteiger partial charge in [0.05, 0.1) is 11.9 Å². The molecule has 3 rings (SSSR count). The van der Waals surface area contributed by atoms with Gasteiger partial charge in [0.2, 0.25) is 10.0 Å². The van der Waals surface area contributed by atoms with Crippen LogP contribution >= 0.6 is 11.3 Å². The van der Waals surface area contributed by atoms with Crippen molar-refractivity contribution < 1.29 is 18.1 Å². The van der Waals surface area contributed by atoms with Crippen molar-refractivity contribution in [1.82, 2.24) is 4.31 Å². The Morgan fingerprint density at radius 1 is 1.11 bits per heavy atom. The maximum absolute atomic E-state index is 12.8. The van der Waals surface area contributed by atoms with E-state index in [4.69, 9.17) is 0 Å². The molecule has 0 radical (unpaired) electrons. The van der Waals surface area contributed by atoms with Crippen molar-refractivity contribution in [3.8, 4) is 0 Å². The van der Waals surface area contributed by atoms with Crippen LogP contribution in [0.5, 0.6) is 0 Å². The molecule has 2 N–H and O–H groups in total. The molecule has 152 valence electrons. The molecule has 0 aliphatic carbocycles. The predicted molar refractivity (Wildman–Crippen MR) is 112 cm³/mol. The number of carbonyl (C=O) groups excluding carboxylic acids is 1. The van der Waals surface area contributed by atoms with E-state index in [1.807, 2.05) is 12.4 Å². The number of quaternary nitrogens is 1. The lowest BCUT2D eigenvalue weighted by atomic mass is 10.2. The molecule has 8 heteroatoms. The molecule has 1 aromatic carbocycles. The van der Waals surface area contributed by atoms with Crippen LogP contribution in [0.1, 0.15) is 31.2 Å². The highest BCUT2D eigenvalue weighted by Crippen LogP contribution is 2.21. The second kappa shape index (κ2) is 9.65. The number of benzene rings is 1. The Morgan fingerprint density at radius 3 is 2.39 bits per heavy atom. The first kappa shape index (κ1) is 21.0. The maximum atomic E-state index is 12.8. The molecule has 0 spiro atoms. The molecular formula is C20H28N3O3S2+. The first-order valence-electron chi connectivity index (χ1n) is 9.67. The van der Waals surface area contributed by atoms with Gasteiger partial charge in [-0.1, -0.05) is 12.8 Å². The summed E-state index contributed by atoms with van der Waals surface area (Å²) >= 11 is 1.65. The number of hydrogen-bond donors (Lipinski definition) is 2. The topological polar surface area (TPSA) is 70.9 Å². The van der Waals surface area contributed by atoms with Crippen molar-refractivity contribution in [3.63, 3.8) is 0 Å². The number of thiophene rings is 1. The van der Waals surface area contributed by atoms with Crippen molar-refractivity contribution in [1.29, 1.82) is 0 Å². The first-order valence-corrected chi connectivity index (χ1v) is 12.1. The summed E-state index contributed by atoms with van der Waals surface area (Å²) in [6, 6.07) is 8.55. The van der Waals surface area contributed by atoms with Gasteiger partial charge in [-0.15, -0.1) is 0 Å². The third-order valence-electron chi connectivity index (χ3n) is 4.89. The van der Waals surface area contributed by atoms with E-state index in [-0.39, 0.29) is 10.8 Å². The third kappa shape index (κ3) is 5.64. The van der Waals surface area contributed by atoms with Crippen molar-refractivity contribution in [2.75, 3.05) is 32.0 Å². The Labute approximate surface area is 171 Å². The SMILES string of the molecule is C[NH+](CC(=O)Nc1ccc(S(=O)(=O)N2CCCCCC2)cc1)Cc1ccsc1. The summed E-state index contributed by atoms with van der Waals surface area (Å²) in [5, 5.41) is 6.97. The molecule has 1 aromatic heterocycles. The van der Waals surface area contributed by atoms with E-state index >= 15 is 0 Å². The molecule has 1 fully saturated rings.